The monoisotopic (exact) mass is 400 g/mol. The molecule has 1 N–H and O–H groups in total. The number of aromatic nitrogens is 1. The molecule has 148 valence electrons. The van der Waals surface area contributed by atoms with Crippen LogP contribution in [0.5, 0.6) is 0 Å². The number of hydrogen-bond donors (Lipinski definition) is 1. The molecule has 0 aliphatic heterocycles. The first-order valence-electron chi connectivity index (χ1n) is 10.3. The largest absolute Gasteiger partial charge is 0.353 e. The number of nitrogens with one attached hydrogen (secondary N) is 1. The van der Waals surface area contributed by atoms with Crippen LogP contribution < -0.4 is 5.32 Å². The highest BCUT2D eigenvalue weighted by Gasteiger charge is 2.15. The second-order valence-electron chi connectivity index (χ2n) is 8.23. The molecule has 0 aliphatic carbocycles. The average Bonchev–Trinajstić information content (AvgIpc) is 3.14. The highest BCUT2D eigenvalue weighted by molar-refractivity contribution is 7.15. The van der Waals surface area contributed by atoms with Crippen molar-refractivity contribution in [2.24, 2.45) is 0 Å². The van der Waals surface area contributed by atoms with Crippen LogP contribution in [-0.2, 0) is 0 Å². The lowest BCUT2D eigenvalue weighted by atomic mass is 9.92. The summed E-state index contributed by atoms with van der Waals surface area (Å²) in [6.45, 7) is 11.2. The number of anilines is 2. The molecule has 0 saturated heterocycles. The fraction of sp³-hybridized carbons (Fsp3) is 0.269. The number of nitrogens with zero attached hydrogens (tertiary/aromatic N) is 1. The molecule has 3 heteroatoms. The van der Waals surface area contributed by atoms with E-state index >= 15 is 0 Å². The molecule has 2 nitrogen and oxygen atoms in total. The van der Waals surface area contributed by atoms with E-state index in [1.165, 1.54) is 26.6 Å². The molecule has 0 fully saturated rings. The molecule has 0 saturated carbocycles. The van der Waals surface area contributed by atoms with Crippen LogP contribution >= 0.6 is 11.3 Å². The van der Waals surface area contributed by atoms with E-state index in [2.05, 4.69) is 101 Å². The first kappa shape index (κ1) is 19.7. The second-order valence-corrected chi connectivity index (χ2v) is 9.52. The van der Waals surface area contributed by atoms with E-state index in [0.29, 0.717) is 11.8 Å². The van der Waals surface area contributed by atoms with E-state index in [-0.39, 0.29) is 0 Å². The highest BCUT2D eigenvalue weighted by atomic mass is 32.1. The van der Waals surface area contributed by atoms with Gasteiger partial charge in [-0.25, -0.2) is 4.98 Å². The van der Waals surface area contributed by atoms with Gasteiger partial charge in [-0.2, -0.15) is 0 Å². The summed E-state index contributed by atoms with van der Waals surface area (Å²) in [6, 6.07) is 21.6. The Hall–Kier alpha value is -2.65. The summed E-state index contributed by atoms with van der Waals surface area (Å²) >= 11 is 1.79. The SMILES string of the molecule is Cc1ccc(-c2ccc3cccc(Nc4c(C(C)C)cccc4C(C)C)c3n2)s1. The van der Waals surface area contributed by atoms with Gasteiger partial charge < -0.3 is 5.32 Å². The molecule has 0 radical (unpaired) electrons. The van der Waals surface area contributed by atoms with Crippen molar-refractivity contribution in [1.29, 1.82) is 0 Å². The summed E-state index contributed by atoms with van der Waals surface area (Å²) in [4.78, 5) is 7.57. The molecule has 0 atom stereocenters. The lowest BCUT2D eigenvalue weighted by Gasteiger charge is -2.21. The first-order chi connectivity index (χ1) is 13.9. The third kappa shape index (κ3) is 3.92. The topological polar surface area (TPSA) is 24.9 Å². The molecule has 2 aromatic heterocycles. The van der Waals surface area contributed by atoms with Gasteiger partial charge in [0.25, 0.3) is 0 Å². The standard InChI is InChI=1S/C26H28N2S/c1-16(2)20-9-7-10-21(17(3)4)26(20)28-23-11-6-8-19-13-14-22(27-25(19)23)24-15-12-18(5)29-24/h6-17,28H,1-5H3. The van der Waals surface area contributed by atoms with Gasteiger partial charge in [0.1, 0.15) is 0 Å². The number of fused-ring (bicyclic) bond motifs is 1. The maximum atomic E-state index is 5.05. The number of rotatable bonds is 5. The van der Waals surface area contributed by atoms with E-state index in [0.717, 1.165) is 22.3 Å². The predicted octanol–water partition coefficient (Wildman–Crippen LogP) is 8.26. The summed E-state index contributed by atoms with van der Waals surface area (Å²) in [6.07, 6.45) is 0. The molecule has 0 spiro atoms. The summed E-state index contributed by atoms with van der Waals surface area (Å²) < 4.78 is 0. The van der Waals surface area contributed by atoms with Crippen LogP contribution in [0.3, 0.4) is 0 Å². The van der Waals surface area contributed by atoms with E-state index in [1.54, 1.807) is 11.3 Å². The summed E-state index contributed by atoms with van der Waals surface area (Å²) in [5.41, 5.74) is 7.03. The number of aryl methyl sites for hydroxylation is 1. The van der Waals surface area contributed by atoms with Crippen molar-refractivity contribution in [3.63, 3.8) is 0 Å². The second kappa shape index (κ2) is 8.00. The van der Waals surface area contributed by atoms with Crippen molar-refractivity contribution in [3.05, 3.63) is 76.7 Å². The van der Waals surface area contributed by atoms with E-state index in [9.17, 15) is 0 Å². The van der Waals surface area contributed by atoms with Crippen LogP contribution in [0, 0.1) is 6.92 Å². The quantitative estimate of drug-likeness (QED) is 0.365. The zero-order chi connectivity index (χ0) is 20.5. The fourth-order valence-electron chi connectivity index (χ4n) is 3.79. The summed E-state index contributed by atoms with van der Waals surface area (Å²) in [5.74, 6) is 0.896. The molecule has 0 bridgehead atoms. The Labute approximate surface area is 177 Å². The van der Waals surface area contributed by atoms with Crippen LogP contribution in [0.2, 0.25) is 0 Å². The van der Waals surface area contributed by atoms with Gasteiger partial charge in [-0.05, 0) is 54.2 Å². The van der Waals surface area contributed by atoms with Gasteiger partial charge >= 0.3 is 0 Å². The third-order valence-corrected chi connectivity index (χ3v) is 6.37. The molecular formula is C26H28N2S. The van der Waals surface area contributed by atoms with Crippen molar-refractivity contribution in [1.82, 2.24) is 4.98 Å². The van der Waals surface area contributed by atoms with Crippen molar-refractivity contribution < 1.29 is 0 Å². The Bertz CT molecular complexity index is 1130. The number of pyridine rings is 1. The zero-order valence-electron chi connectivity index (χ0n) is 17.8. The molecule has 0 amide bonds. The van der Waals surface area contributed by atoms with Gasteiger partial charge in [0.15, 0.2) is 0 Å². The van der Waals surface area contributed by atoms with Crippen LogP contribution in [0.15, 0.2) is 60.7 Å². The van der Waals surface area contributed by atoms with Crippen LogP contribution in [-0.4, -0.2) is 4.98 Å². The van der Waals surface area contributed by atoms with Gasteiger partial charge in [-0.15, -0.1) is 11.3 Å². The van der Waals surface area contributed by atoms with Crippen molar-refractivity contribution in [3.8, 4) is 10.6 Å². The average molecular weight is 401 g/mol. The van der Waals surface area contributed by atoms with Gasteiger partial charge in [-0.3, -0.25) is 0 Å². The number of benzene rings is 2. The summed E-state index contributed by atoms with van der Waals surface area (Å²) in [7, 11) is 0. The van der Waals surface area contributed by atoms with Crippen molar-refractivity contribution in [2.45, 2.75) is 46.5 Å². The van der Waals surface area contributed by atoms with Crippen molar-refractivity contribution >= 4 is 33.6 Å². The number of hydrogen-bond acceptors (Lipinski definition) is 3. The zero-order valence-corrected chi connectivity index (χ0v) is 18.6. The minimum absolute atomic E-state index is 0.448. The molecule has 4 aromatic rings. The molecule has 2 heterocycles. The lowest BCUT2D eigenvalue weighted by molar-refractivity contribution is 0.838. The lowest BCUT2D eigenvalue weighted by Crippen LogP contribution is -2.04. The Morgan fingerprint density at radius 3 is 2.10 bits per heavy atom. The van der Waals surface area contributed by atoms with Crippen LogP contribution in [0.25, 0.3) is 21.5 Å². The Balaban J connectivity index is 1.85. The Morgan fingerprint density at radius 1 is 0.793 bits per heavy atom. The smallest absolute Gasteiger partial charge is 0.0944 e. The van der Waals surface area contributed by atoms with Gasteiger partial charge in [0, 0.05) is 16.0 Å². The minimum Gasteiger partial charge on any atom is -0.353 e. The predicted molar refractivity (Wildman–Crippen MR) is 128 cm³/mol. The Kier molecular flexibility index (Phi) is 5.42. The molecule has 2 aromatic carbocycles. The van der Waals surface area contributed by atoms with Gasteiger partial charge in [-0.1, -0.05) is 64.1 Å². The van der Waals surface area contributed by atoms with Gasteiger partial charge in [0.05, 0.1) is 21.8 Å². The van der Waals surface area contributed by atoms with Crippen LogP contribution in [0.4, 0.5) is 11.4 Å². The highest BCUT2D eigenvalue weighted by Crippen LogP contribution is 2.37. The third-order valence-electron chi connectivity index (χ3n) is 5.35. The van der Waals surface area contributed by atoms with E-state index < -0.39 is 0 Å². The Morgan fingerprint density at radius 2 is 1.48 bits per heavy atom. The van der Waals surface area contributed by atoms with E-state index in [1.807, 2.05) is 0 Å². The molecule has 4 rings (SSSR count). The minimum atomic E-state index is 0.448. The fourth-order valence-corrected chi connectivity index (χ4v) is 4.62. The van der Waals surface area contributed by atoms with Crippen molar-refractivity contribution in [2.75, 3.05) is 5.32 Å². The normalized spacial score (nSPS) is 11.6. The maximum Gasteiger partial charge on any atom is 0.0944 e. The molecule has 0 unspecified atom stereocenters. The number of thiophene rings is 1. The van der Waals surface area contributed by atoms with E-state index in [4.69, 9.17) is 4.98 Å². The maximum absolute atomic E-state index is 5.05. The summed E-state index contributed by atoms with van der Waals surface area (Å²) in [5, 5.41) is 4.92. The molecule has 29 heavy (non-hydrogen) atoms. The molecule has 0 aliphatic rings. The molecular weight excluding hydrogens is 372 g/mol. The van der Waals surface area contributed by atoms with Crippen LogP contribution in [0.1, 0.15) is 55.5 Å². The van der Waals surface area contributed by atoms with Gasteiger partial charge in [0.2, 0.25) is 0 Å². The number of para-hydroxylation sites is 2. The first-order valence-corrected chi connectivity index (χ1v) is 11.1.